The number of imidazole rings is 1. The SMILES string of the molecule is CN1CCCC1Cc1cn2cc(C(=O)O)ccc2n1. The van der Waals surface area contributed by atoms with Gasteiger partial charge in [0.1, 0.15) is 5.65 Å². The first-order valence-corrected chi connectivity index (χ1v) is 6.54. The molecular weight excluding hydrogens is 242 g/mol. The first-order chi connectivity index (χ1) is 9.13. The van der Waals surface area contributed by atoms with Crippen molar-refractivity contribution in [1.29, 1.82) is 0 Å². The summed E-state index contributed by atoms with van der Waals surface area (Å²) >= 11 is 0. The zero-order valence-electron chi connectivity index (χ0n) is 10.9. The zero-order chi connectivity index (χ0) is 13.4. The van der Waals surface area contributed by atoms with E-state index in [2.05, 4.69) is 16.9 Å². The summed E-state index contributed by atoms with van der Waals surface area (Å²) in [6.07, 6.45) is 6.95. The highest BCUT2D eigenvalue weighted by Crippen LogP contribution is 2.19. The lowest BCUT2D eigenvalue weighted by molar-refractivity contribution is 0.0696. The van der Waals surface area contributed by atoms with E-state index in [1.54, 1.807) is 22.7 Å². The molecule has 0 amide bonds. The summed E-state index contributed by atoms with van der Waals surface area (Å²) in [4.78, 5) is 17.9. The Morgan fingerprint density at radius 2 is 2.32 bits per heavy atom. The first-order valence-electron chi connectivity index (χ1n) is 6.54. The molecule has 19 heavy (non-hydrogen) atoms. The van der Waals surface area contributed by atoms with Gasteiger partial charge in [0.05, 0.1) is 11.3 Å². The number of aromatic carboxylic acids is 1. The van der Waals surface area contributed by atoms with Crippen molar-refractivity contribution >= 4 is 11.6 Å². The third kappa shape index (κ3) is 2.33. The number of carboxylic acid groups (broad SMARTS) is 1. The molecule has 1 atom stereocenters. The minimum Gasteiger partial charge on any atom is -0.478 e. The van der Waals surface area contributed by atoms with Crippen LogP contribution in [-0.4, -0.2) is 45.0 Å². The van der Waals surface area contributed by atoms with Crippen LogP contribution in [0.5, 0.6) is 0 Å². The number of carbonyl (C=O) groups is 1. The number of likely N-dealkylation sites (N-methyl/N-ethyl adjacent to an activating group) is 1. The van der Waals surface area contributed by atoms with Gasteiger partial charge in [-0.2, -0.15) is 0 Å². The van der Waals surface area contributed by atoms with Crippen LogP contribution in [0.25, 0.3) is 5.65 Å². The molecule has 3 heterocycles. The number of fused-ring (bicyclic) bond motifs is 1. The van der Waals surface area contributed by atoms with Crippen LogP contribution < -0.4 is 0 Å². The molecule has 1 aliphatic rings. The monoisotopic (exact) mass is 259 g/mol. The average Bonchev–Trinajstić information content (AvgIpc) is 2.95. The van der Waals surface area contributed by atoms with Gasteiger partial charge in [0.15, 0.2) is 0 Å². The lowest BCUT2D eigenvalue weighted by Crippen LogP contribution is -2.26. The number of likely N-dealkylation sites (tertiary alicyclic amines) is 1. The normalized spacial score (nSPS) is 20.2. The van der Waals surface area contributed by atoms with E-state index < -0.39 is 5.97 Å². The average molecular weight is 259 g/mol. The second-order valence-electron chi connectivity index (χ2n) is 5.20. The maximum absolute atomic E-state index is 10.9. The highest BCUT2D eigenvalue weighted by Gasteiger charge is 2.22. The van der Waals surface area contributed by atoms with Gasteiger partial charge in [0, 0.05) is 24.9 Å². The van der Waals surface area contributed by atoms with Crippen molar-refractivity contribution in [2.24, 2.45) is 0 Å². The van der Waals surface area contributed by atoms with Gasteiger partial charge in [-0.1, -0.05) is 0 Å². The van der Waals surface area contributed by atoms with Crippen LogP contribution in [0, 0.1) is 0 Å². The van der Waals surface area contributed by atoms with E-state index in [1.807, 2.05) is 6.20 Å². The van der Waals surface area contributed by atoms with Crippen molar-refractivity contribution in [3.63, 3.8) is 0 Å². The van der Waals surface area contributed by atoms with E-state index in [-0.39, 0.29) is 5.56 Å². The van der Waals surface area contributed by atoms with Gasteiger partial charge in [-0.25, -0.2) is 9.78 Å². The third-order valence-electron chi connectivity index (χ3n) is 3.86. The minimum atomic E-state index is -0.910. The molecule has 100 valence electrons. The van der Waals surface area contributed by atoms with Crippen LogP contribution in [0.3, 0.4) is 0 Å². The Morgan fingerprint density at radius 3 is 3.00 bits per heavy atom. The van der Waals surface area contributed by atoms with Crippen LogP contribution >= 0.6 is 0 Å². The standard InChI is InChI=1S/C14H17N3O2/c1-16-6-2-3-12(16)7-11-9-17-8-10(14(18)19)4-5-13(17)15-11/h4-5,8-9,12H,2-3,6-7H2,1H3,(H,18,19). The Labute approximate surface area is 111 Å². The molecule has 5 nitrogen and oxygen atoms in total. The fraction of sp³-hybridized carbons (Fsp3) is 0.429. The Kier molecular flexibility index (Phi) is 2.98. The third-order valence-corrected chi connectivity index (χ3v) is 3.86. The summed E-state index contributed by atoms with van der Waals surface area (Å²) in [6, 6.07) is 3.91. The molecule has 5 heteroatoms. The molecule has 2 aromatic heterocycles. The predicted octanol–water partition coefficient (Wildman–Crippen LogP) is 1.67. The van der Waals surface area contributed by atoms with Crippen molar-refractivity contribution in [2.45, 2.75) is 25.3 Å². The molecular formula is C14H17N3O2. The molecule has 1 N–H and O–H groups in total. The largest absolute Gasteiger partial charge is 0.478 e. The highest BCUT2D eigenvalue weighted by atomic mass is 16.4. The van der Waals surface area contributed by atoms with Crippen LogP contribution in [0.4, 0.5) is 0 Å². The van der Waals surface area contributed by atoms with Crippen LogP contribution in [0.15, 0.2) is 24.5 Å². The summed E-state index contributed by atoms with van der Waals surface area (Å²) in [5.41, 5.74) is 2.12. The van der Waals surface area contributed by atoms with Crippen LogP contribution in [0.1, 0.15) is 28.9 Å². The molecule has 0 bridgehead atoms. The van der Waals surface area contributed by atoms with E-state index in [0.29, 0.717) is 6.04 Å². The summed E-state index contributed by atoms with van der Waals surface area (Å²) in [5.74, 6) is -0.910. The van der Waals surface area contributed by atoms with Gasteiger partial charge < -0.3 is 14.4 Å². The van der Waals surface area contributed by atoms with Crippen molar-refractivity contribution in [2.75, 3.05) is 13.6 Å². The number of hydrogen-bond donors (Lipinski definition) is 1. The Hall–Kier alpha value is -1.88. The summed E-state index contributed by atoms with van der Waals surface area (Å²) in [5, 5.41) is 8.98. The van der Waals surface area contributed by atoms with Gasteiger partial charge in [0.2, 0.25) is 0 Å². The summed E-state index contributed by atoms with van der Waals surface area (Å²) in [6.45, 7) is 1.15. The molecule has 1 fully saturated rings. The number of aromatic nitrogens is 2. The van der Waals surface area contributed by atoms with Crippen molar-refractivity contribution in [3.05, 3.63) is 35.8 Å². The zero-order valence-corrected chi connectivity index (χ0v) is 10.9. The molecule has 3 rings (SSSR count). The fourth-order valence-electron chi connectivity index (χ4n) is 2.75. The molecule has 0 aliphatic carbocycles. The van der Waals surface area contributed by atoms with E-state index in [1.165, 1.54) is 12.8 Å². The second kappa shape index (κ2) is 4.66. The fourth-order valence-corrected chi connectivity index (χ4v) is 2.75. The number of hydrogen-bond acceptors (Lipinski definition) is 3. The van der Waals surface area contributed by atoms with Crippen molar-refractivity contribution < 1.29 is 9.90 Å². The highest BCUT2D eigenvalue weighted by molar-refractivity contribution is 5.87. The minimum absolute atomic E-state index is 0.287. The van der Waals surface area contributed by atoms with Gasteiger partial charge in [-0.05, 0) is 38.6 Å². The Morgan fingerprint density at radius 1 is 1.47 bits per heavy atom. The van der Waals surface area contributed by atoms with E-state index in [9.17, 15) is 4.79 Å². The first kappa shape index (κ1) is 12.2. The maximum Gasteiger partial charge on any atom is 0.337 e. The molecule has 1 aliphatic heterocycles. The van der Waals surface area contributed by atoms with Gasteiger partial charge >= 0.3 is 5.97 Å². The van der Waals surface area contributed by atoms with Gasteiger partial charge in [-0.3, -0.25) is 0 Å². The lowest BCUT2D eigenvalue weighted by atomic mass is 10.1. The Bertz CT molecular complexity index is 620. The number of pyridine rings is 1. The quantitative estimate of drug-likeness (QED) is 0.911. The van der Waals surface area contributed by atoms with Crippen molar-refractivity contribution in [1.82, 2.24) is 14.3 Å². The molecule has 0 saturated carbocycles. The maximum atomic E-state index is 10.9. The van der Waals surface area contributed by atoms with E-state index in [4.69, 9.17) is 5.11 Å². The van der Waals surface area contributed by atoms with Crippen molar-refractivity contribution in [3.8, 4) is 0 Å². The smallest absolute Gasteiger partial charge is 0.337 e. The van der Waals surface area contributed by atoms with Crippen LogP contribution in [-0.2, 0) is 6.42 Å². The lowest BCUT2D eigenvalue weighted by Gasteiger charge is -2.17. The van der Waals surface area contributed by atoms with E-state index >= 15 is 0 Å². The predicted molar refractivity (Wildman–Crippen MR) is 71.5 cm³/mol. The summed E-state index contributed by atoms with van der Waals surface area (Å²) < 4.78 is 1.80. The van der Waals surface area contributed by atoms with Gasteiger partial charge in [-0.15, -0.1) is 0 Å². The van der Waals surface area contributed by atoms with E-state index in [0.717, 1.165) is 24.3 Å². The van der Waals surface area contributed by atoms with Crippen LogP contribution in [0.2, 0.25) is 0 Å². The molecule has 0 spiro atoms. The number of carboxylic acids is 1. The summed E-state index contributed by atoms with van der Waals surface area (Å²) in [7, 11) is 2.15. The second-order valence-corrected chi connectivity index (χ2v) is 5.20. The number of rotatable bonds is 3. The topological polar surface area (TPSA) is 57.8 Å². The molecule has 2 aromatic rings. The Balaban J connectivity index is 1.87. The molecule has 0 aromatic carbocycles. The van der Waals surface area contributed by atoms with Gasteiger partial charge in [0.25, 0.3) is 0 Å². The molecule has 1 unspecified atom stereocenters. The number of nitrogens with zero attached hydrogens (tertiary/aromatic N) is 3. The molecule has 0 radical (unpaired) electrons. The molecule has 1 saturated heterocycles.